The van der Waals surface area contributed by atoms with Crippen molar-refractivity contribution >= 4 is 5.97 Å². The summed E-state index contributed by atoms with van der Waals surface area (Å²) in [6.45, 7) is -0.108. The number of benzene rings is 2. The molecule has 0 aliphatic carbocycles. The number of aryl methyl sites for hydroxylation is 1. The highest BCUT2D eigenvalue weighted by atomic mass is 19.1. The van der Waals surface area contributed by atoms with Gasteiger partial charge >= 0.3 is 5.97 Å². The van der Waals surface area contributed by atoms with Gasteiger partial charge in [-0.1, -0.05) is 36.4 Å². The first-order valence-electron chi connectivity index (χ1n) is 9.15. The van der Waals surface area contributed by atoms with E-state index in [0.717, 1.165) is 17.7 Å². The first kappa shape index (κ1) is 19.5. The summed E-state index contributed by atoms with van der Waals surface area (Å²) in [7, 11) is 0. The molecule has 8 heteroatoms. The Morgan fingerprint density at radius 2 is 1.53 bits per heavy atom. The monoisotopic (exact) mass is 410 g/mol. The SMILES string of the molecule is O=C(CCc1ncc(-c2c(F)cccc2F)o1)OCc1ncc(-c2ccccc2)o1. The van der Waals surface area contributed by atoms with Gasteiger partial charge in [0.25, 0.3) is 0 Å². The fourth-order valence-electron chi connectivity index (χ4n) is 2.81. The lowest BCUT2D eigenvalue weighted by Gasteiger charge is -2.02. The summed E-state index contributed by atoms with van der Waals surface area (Å²) in [6.07, 6.45) is 2.89. The Hall–Kier alpha value is -3.81. The Morgan fingerprint density at radius 3 is 2.30 bits per heavy atom. The number of hydrogen-bond donors (Lipinski definition) is 0. The maximum Gasteiger partial charge on any atom is 0.306 e. The Balaban J connectivity index is 1.30. The summed E-state index contributed by atoms with van der Waals surface area (Å²) >= 11 is 0. The molecule has 0 N–H and O–H groups in total. The second-order valence-electron chi connectivity index (χ2n) is 6.36. The number of ether oxygens (including phenoxy) is 1. The van der Waals surface area contributed by atoms with E-state index in [1.54, 1.807) is 6.20 Å². The summed E-state index contributed by atoms with van der Waals surface area (Å²) in [5, 5.41) is 0. The van der Waals surface area contributed by atoms with Gasteiger partial charge in [0.1, 0.15) is 11.6 Å². The molecule has 2 aromatic heterocycles. The molecule has 0 saturated carbocycles. The van der Waals surface area contributed by atoms with Gasteiger partial charge in [0.15, 0.2) is 24.0 Å². The molecule has 152 valence electrons. The lowest BCUT2D eigenvalue weighted by molar-refractivity contribution is -0.145. The smallest absolute Gasteiger partial charge is 0.306 e. The molecule has 4 rings (SSSR count). The first-order chi connectivity index (χ1) is 14.6. The van der Waals surface area contributed by atoms with Gasteiger partial charge in [0.05, 0.1) is 24.4 Å². The average molecular weight is 410 g/mol. The second kappa shape index (κ2) is 8.69. The Morgan fingerprint density at radius 1 is 0.867 bits per heavy atom. The molecular weight excluding hydrogens is 394 g/mol. The van der Waals surface area contributed by atoms with Crippen LogP contribution in [0.2, 0.25) is 0 Å². The zero-order valence-electron chi connectivity index (χ0n) is 15.7. The van der Waals surface area contributed by atoms with Crippen molar-refractivity contribution in [3.63, 3.8) is 0 Å². The summed E-state index contributed by atoms with van der Waals surface area (Å²) in [6, 6.07) is 12.9. The van der Waals surface area contributed by atoms with Gasteiger partial charge in [-0.25, -0.2) is 18.7 Å². The van der Waals surface area contributed by atoms with Crippen LogP contribution in [0.15, 0.2) is 69.8 Å². The standard InChI is InChI=1S/C22H16F2N2O4/c23-15-7-4-8-16(24)22(15)18-12-25-19(30-18)9-10-21(27)28-13-20-26-11-17(29-20)14-5-2-1-3-6-14/h1-8,11-12H,9-10,13H2. The molecule has 4 aromatic rings. The van der Waals surface area contributed by atoms with E-state index in [1.807, 2.05) is 30.3 Å². The fourth-order valence-corrected chi connectivity index (χ4v) is 2.81. The maximum absolute atomic E-state index is 13.8. The summed E-state index contributed by atoms with van der Waals surface area (Å²) in [5.74, 6) is -1.03. The van der Waals surface area contributed by atoms with E-state index >= 15 is 0 Å². The van der Waals surface area contributed by atoms with E-state index in [1.165, 1.54) is 12.3 Å². The van der Waals surface area contributed by atoms with E-state index in [9.17, 15) is 13.6 Å². The van der Waals surface area contributed by atoms with Gasteiger partial charge in [0.2, 0.25) is 5.89 Å². The minimum absolute atomic E-state index is 0.0219. The molecule has 0 aliphatic heterocycles. The third-order valence-corrected chi connectivity index (χ3v) is 4.27. The van der Waals surface area contributed by atoms with Crippen molar-refractivity contribution in [2.75, 3.05) is 0 Å². The van der Waals surface area contributed by atoms with Crippen molar-refractivity contribution in [1.82, 2.24) is 9.97 Å². The highest BCUT2D eigenvalue weighted by Crippen LogP contribution is 2.27. The summed E-state index contributed by atoms with van der Waals surface area (Å²) in [4.78, 5) is 20.0. The lowest BCUT2D eigenvalue weighted by atomic mass is 10.1. The van der Waals surface area contributed by atoms with Gasteiger partial charge in [-0.05, 0) is 12.1 Å². The van der Waals surface area contributed by atoms with Crippen molar-refractivity contribution in [2.24, 2.45) is 0 Å². The third-order valence-electron chi connectivity index (χ3n) is 4.27. The molecule has 0 atom stereocenters. The van der Waals surface area contributed by atoms with Gasteiger partial charge < -0.3 is 13.6 Å². The van der Waals surface area contributed by atoms with Crippen LogP contribution in [0.1, 0.15) is 18.2 Å². The van der Waals surface area contributed by atoms with Crippen molar-refractivity contribution in [2.45, 2.75) is 19.4 Å². The quantitative estimate of drug-likeness (QED) is 0.401. The molecular formula is C22H16F2N2O4. The molecule has 0 spiro atoms. The molecule has 0 aliphatic rings. The van der Waals surface area contributed by atoms with Crippen LogP contribution >= 0.6 is 0 Å². The van der Waals surface area contributed by atoms with Crippen molar-refractivity contribution in [3.05, 3.63) is 84.3 Å². The van der Waals surface area contributed by atoms with Gasteiger partial charge in [-0.2, -0.15) is 0 Å². The molecule has 0 saturated heterocycles. The van der Waals surface area contributed by atoms with E-state index < -0.39 is 17.6 Å². The van der Waals surface area contributed by atoms with Crippen molar-refractivity contribution in [3.8, 4) is 22.6 Å². The van der Waals surface area contributed by atoms with Crippen LogP contribution in [0.3, 0.4) is 0 Å². The van der Waals surface area contributed by atoms with Crippen LogP contribution in [0.25, 0.3) is 22.6 Å². The zero-order valence-corrected chi connectivity index (χ0v) is 15.7. The van der Waals surface area contributed by atoms with Gasteiger partial charge in [0, 0.05) is 12.0 Å². The Bertz CT molecular complexity index is 1130. The predicted molar refractivity (Wildman–Crippen MR) is 102 cm³/mol. The van der Waals surface area contributed by atoms with Crippen LogP contribution in [0.4, 0.5) is 8.78 Å². The minimum Gasteiger partial charge on any atom is -0.456 e. The van der Waals surface area contributed by atoms with Crippen molar-refractivity contribution in [1.29, 1.82) is 0 Å². The molecule has 0 unspecified atom stereocenters. The highest BCUT2D eigenvalue weighted by Gasteiger charge is 2.17. The molecule has 2 heterocycles. The van der Waals surface area contributed by atoms with Crippen LogP contribution in [0.5, 0.6) is 0 Å². The number of oxazole rings is 2. The van der Waals surface area contributed by atoms with E-state index in [4.69, 9.17) is 13.6 Å². The van der Waals surface area contributed by atoms with Gasteiger partial charge in [-0.3, -0.25) is 4.79 Å². The zero-order chi connectivity index (χ0) is 20.9. The molecule has 2 aromatic carbocycles. The maximum atomic E-state index is 13.8. The first-order valence-corrected chi connectivity index (χ1v) is 9.15. The van der Waals surface area contributed by atoms with E-state index in [-0.39, 0.29) is 42.6 Å². The van der Waals surface area contributed by atoms with Crippen LogP contribution in [-0.2, 0) is 22.6 Å². The normalized spacial score (nSPS) is 10.9. The van der Waals surface area contributed by atoms with E-state index in [0.29, 0.717) is 5.76 Å². The van der Waals surface area contributed by atoms with Crippen LogP contribution in [-0.4, -0.2) is 15.9 Å². The predicted octanol–water partition coefficient (Wildman–Crippen LogP) is 4.95. The van der Waals surface area contributed by atoms with Crippen LogP contribution < -0.4 is 0 Å². The number of nitrogens with zero attached hydrogens (tertiary/aromatic N) is 2. The average Bonchev–Trinajstić information content (AvgIpc) is 3.41. The van der Waals surface area contributed by atoms with Gasteiger partial charge in [-0.15, -0.1) is 0 Å². The number of aromatic nitrogens is 2. The van der Waals surface area contributed by atoms with Crippen LogP contribution in [0, 0.1) is 11.6 Å². The largest absolute Gasteiger partial charge is 0.456 e. The van der Waals surface area contributed by atoms with E-state index in [2.05, 4.69) is 9.97 Å². The lowest BCUT2D eigenvalue weighted by Crippen LogP contribution is -2.06. The topological polar surface area (TPSA) is 78.4 Å². The molecule has 0 amide bonds. The Kier molecular flexibility index (Phi) is 5.65. The molecule has 0 bridgehead atoms. The van der Waals surface area contributed by atoms with Crippen molar-refractivity contribution < 1.29 is 27.1 Å². The number of rotatable bonds is 7. The number of esters is 1. The molecule has 6 nitrogen and oxygen atoms in total. The summed E-state index contributed by atoms with van der Waals surface area (Å²) < 4.78 is 43.7. The number of carbonyl (C=O) groups is 1. The number of hydrogen-bond acceptors (Lipinski definition) is 6. The summed E-state index contributed by atoms with van der Waals surface area (Å²) in [5.41, 5.74) is 0.575. The number of carbonyl (C=O) groups excluding carboxylic acids is 1. The Labute approximate surface area is 170 Å². The second-order valence-corrected chi connectivity index (χ2v) is 6.36. The molecule has 30 heavy (non-hydrogen) atoms. The minimum atomic E-state index is -0.752. The highest BCUT2D eigenvalue weighted by molar-refractivity contribution is 5.69. The number of halogens is 2. The third kappa shape index (κ3) is 4.43. The fraction of sp³-hybridized carbons (Fsp3) is 0.136. The molecule has 0 radical (unpaired) electrons. The molecule has 0 fully saturated rings.